The fourth-order valence-electron chi connectivity index (χ4n) is 1.87. The van der Waals surface area contributed by atoms with E-state index in [1.807, 2.05) is 26.0 Å². The third-order valence-electron chi connectivity index (χ3n) is 3.10. The Balaban J connectivity index is 3.12. The van der Waals surface area contributed by atoms with E-state index in [4.69, 9.17) is 9.84 Å². The minimum atomic E-state index is -0.771. The third kappa shape index (κ3) is 2.99. The molecular formula is C14H20O3. The van der Waals surface area contributed by atoms with Crippen molar-refractivity contribution in [2.45, 2.75) is 34.1 Å². The maximum absolute atomic E-state index is 11.1. The molecule has 0 saturated heterocycles. The topological polar surface area (TPSA) is 46.5 Å². The number of aryl methyl sites for hydroxylation is 2. The molecule has 1 aromatic carbocycles. The SMILES string of the molecule is COc1cc(C)c(CC(C)(C)C(=O)O)c(C)c1. The molecule has 0 saturated carbocycles. The van der Waals surface area contributed by atoms with Crippen molar-refractivity contribution in [3.8, 4) is 5.75 Å². The molecule has 0 aliphatic rings. The van der Waals surface area contributed by atoms with Crippen LogP contribution >= 0.6 is 0 Å². The number of benzene rings is 1. The van der Waals surface area contributed by atoms with Crippen molar-refractivity contribution < 1.29 is 14.6 Å². The third-order valence-corrected chi connectivity index (χ3v) is 3.10. The molecular weight excluding hydrogens is 216 g/mol. The van der Waals surface area contributed by atoms with Gasteiger partial charge in [-0.15, -0.1) is 0 Å². The van der Waals surface area contributed by atoms with Crippen LogP contribution < -0.4 is 4.74 Å². The van der Waals surface area contributed by atoms with Gasteiger partial charge in [0.1, 0.15) is 5.75 Å². The highest BCUT2D eigenvalue weighted by Gasteiger charge is 2.28. The molecule has 0 spiro atoms. The molecule has 0 radical (unpaired) electrons. The quantitative estimate of drug-likeness (QED) is 0.874. The van der Waals surface area contributed by atoms with Gasteiger partial charge in [0.2, 0.25) is 0 Å². The first kappa shape index (κ1) is 13.6. The zero-order valence-electron chi connectivity index (χ0n) is 11.1. The molecule has 94 valence electrons. The van der Waals surface area contributed by atoms with Gasteiger partial charge < -0.3 is 9.84 Å². The van der Waals surface area contributed by atoms with Gasteiger partial charge in [-0.2, -0.15) is 0 Å². The summed E-state index contributed by atoms with van der Waals surface area (Å²) in [6.07, 6.45) is 0.532. The average Bonchev–Trinajstić information content (AvgIpc) is 2.22. The number of hydrogen-bond donors (Lipinski definition) is 1. The Labute approximate surface area is 102 Å². The van der Waals surface area contributed by atoms with E-state index in [1.54, 1.807) is 21.0 Å². The number of carbonyl (C=O) groups is 1. The Morgan fingerprint density at radius 1 is 1.29 bits per heavy atom. The van der Waals surface area contributed by atoms with E-state index in [0.717, 1.165) is 22.4 Å². The lowest BCUT2D eigenvalue weighted by Crippen LogP contribution is -2.26. The average molecular weight is 236 g/mol. The van der Waals surface area contributed by atoms with Crippen molar-refractivity contribution in [1.29, 1.82) is 0 Å². The summed E-state index contributed by atoms with van der Waals surface area (Å²) >= 11 is 0. The summed E-state index contributed by atoms with van der Waals surface area (Å²) in [6, 6.07) is 3.89. The van der Waals surface area contributed by atoms with Crippen LogP contribution in [0.5, 0.6) is 5.75 Å². The first-order valence-electron chi connectivity index (χ1n) is 5.65. The monoisotopic (exact) mass is 236 g/mol. The Morgan fingerprint density at radius 2 is 1.76 bits per heavy atom. The molecule has 0 atom stereocenters. The van der Waals surface area contributed by atoms with E-state index in [0.29, 0.717) is 6.42 Å². The second-order valence-corrected chi connectivity index (χ2v) is 5.11. The Kier molecular flexibility index (Phi) is 3.81. The second kappa shape index (κ2) is 4.78. The van der Waals surface area contributed by atoms with Gasteiger partial charge in [0, 0.05) is 0 Å². The Bertz CT molecular complexity index is 410. The van der Waals surface area contributed by atoms with Crippen LogP contribution in [0.1, 0.15) is 30.5 Å². The minimum absolute atomic E-state index is 0.532. The maximum Gasteiger partial charge on any atom is 0.309 e. The molecule has 0 fully saturated rings. The van der Waals surface area contributed by atoms with Gasteiger partial charge in [-0.1, -0.05) is 0 Å². The van der Waals surface area contributed by atoms with E-state index in [9.17, 15) is 4.79 Å². The predicted octanol–water partition coefficient (Wildman–Crippen LogP) is 2.97. The predicted molar refractivity (Wildman–Crippen MR) is 67.6 cm³/mol. The van der Waals surface area contributed by atoms with Gasteiger partial charge in [0.05, 0.1) is 12.5 Å². The van der Waals surface area contributed by atoms with Gasteiger partial charge in [0.25, 0.3) is 0 Å². The molecule has 0 aliphatic heterocycles. The number of carboxylic acids is 1. The molecule has 3 heteroatoms. The van der Waals surface area contributed by atoms with Crippen molar-refractivity contribution in [2.24, 2.45) is 5.41 Å². The molecule has 1 N–H and O–H groups in total. The standard InChI is InChI=1S/C14H20O3/c1-9-6-11(17-5)7-10(2)12(9)8-14(3,4)13(15)16/h6-7H,8H2,1-5H3,(H,15,16). The summed E-state index contributed by atoms with van der Waals surface area (Å²) in [6.45, 7) is 7.47. The van der Waals surface area contributed by atoms with E-state index < -0.39 is 11.4 Å². The Morgan fingerprint density at radius 3 is 2.12 bits per heavy atom. The zero-order chi connectivity index (χ0) is 13.2. The second-order valence-electron chi connectivity index (χ2n) is 5.11. The van der Waals surface area contributed by atoms with Crippen LogP contribution in [0.3, 0.4) is 0 Å². The molecule has 0 aliphatic carbocycles. The number of carboxylic acid groups (broad SMARTS) is 1. The largest absolute Gasteiger partial charge is 0.497 e. The van der Waals surface area contributed by atoms with E-state index >= 15 is 0 Å². The lowest BCUT2D eigenvalue weighted by atomic mass is 9.83. The van der Waals surface area contributed by atoms with E-state index in [1.165, 1.54) is 0 Å². The molecule has 1 aromatic rings. The van der Waals surface area contributed by atoms with Crippen molar-refractivity contribution >= 4 is 5.97 Å². The normalized spacial score (nSPS) is 11.4. The molecule has 0 heterocycles. The number of ether oxygens (including phenoxy) is 1. The van der Waals surface area contributed by atoms with Gasteiger partial charge in [-0.05, 0) is 62.9 Å². The lowest BCUT2D eigenvalue weighted by Gasteiger charge is -2.22. The van der Waals surface area contributed by atoms with Crippen LogP contribution in [-0.4, -0.2) is 18.2 Å². The van der Waals surface area contributed by atoms with Crippen molar-refractivity contribution in [2.75, 3.05) is 7.11 Å². The van der Waals surface area contributed by atoms with Crippen LogP contribution in [0.4, 0.5) is 0 Å². The van der Waals surface area contributed by atoms with Crippen molar-refractivity contribution in [3.63, 3.8) is 0 Å². The summed E-state index contributed by atoms with van der Waals surface area (Å²) in [5, 5.41) is 9.16. The number of methoxy groups -OCH3 is 1. The summed E-state index contributed by atoms with van der Waals surface area (Å²) in [5.74, 6) is 0.0454. The summed E-state index contributed by atoms with van der Waals surface area (Å²) in [5.41, 5.74) is 2.51. The van der Waals surface area contributed by atoms with Crippen LogP contribution in [0.25, 0.3) is 0 Å². The molecule has 0 bridgehead atoms. The summed E-state index contributed by atoms with van der Waals surface area (Å²) < 4.78 is 5.19. The molecule has 1 rings (SSSR count). The van der Waals surface area contributed by atoms with Crippen LogP contribution in [0.2, 0.25) is 0 Å². The molecule has 0 unspecified atom stereocenters. The fraction of sp³-hybridized carbons (Fsp3) is 0.500. The van der Waals surface area contributed by atoms with Gasteiger partial charge >= 0.3 is 5.97 Å². The van der Waals surface area contributed by atoms with Crippen molar-refractivity contribution in [3.05, 3.63) is 28.8 Å². The van der Waals surface area contributed by atoms with Gasteiger partial charge in [-0.25, -0.2) is 0 Å². The number of aliphatic carboxylic acids is 1. The molecule has 0 amide bonds. The highest BCUT2D eigenvalue weighted by molar-refractivity contribution is 5.74. The molecule has 3 nitrogen and oxygen atoms in total. The first-order chi connectivity index (χ1) is 7.77. The minimum Gasteiger partial charge on any atom is -0.497 e. The highest BCUT2D eigenvalue weighted by Crippen LogP contribution is 2.29. The maximum atomic E-state index is 11.1. The summed E-state index contributed by atoms with van der Waals surface area (Å²) in [7, 11) is 1.63. The van der Waals surface area contributed by atoms with Gasteiger partial charge in [-0.3, -0.25) is 4.79 Å². The summed E-state index contributed by atoms with van der Waals surface area (Å²) in [4.78, 5) is 11.1. The molecule has 0 aromatic heterocycles. The van der Waals surface area contributed by atoms with E-state index in [-0.39, 0.29) is 0 Å². The first-order valence-corrected chi connectivity index (χ1v) is 5.65. The van der Waals surface area contributed by atoms with E-state index in [2.05, 4.69) is 0 Å². The lowest BCUT2D eigenvalue weighted by molar-refractivity contribution is -0.146. The number of hydrogen-bond acceptors (Lipinski definition) is 2. The highest BCUT2D eigenvalue weighted by atomic mass is 16.5. The van der Waals surface area contributed by atoms with Gasteiger partial charge in [0.15, 0.2) is 0 Å². The van der Waals surface area contributed by atoms with Crippen LogP contribution in [0, 0.1) is 19.3 Å². The van der Waals surface area contributed by atoms with Crippen LogP contribution in [0.15, 0.2) is 12.1 Å². The molecule has 17 heavy (non-hydrogen) atoms. The Hall–Kier alpha value is -1.51. The van der Waals surface area contributed by atoms with Crippen molar-refractivity contribution in [1.82, 2.24) is 0 Å². The van der Waals surface area contributed by atoms with Crippen LogP contribution in [-0.2, 0) is 11.2 Å². The zero-order valence-corrected chi connectivity index (χ0v) is 11.1. The smallest absolute Gasteiger partial charge is 0.309 e. The number of rotatable bonds is 4. The fourth-order valence-corrected chi connectivity index (χ4v) is 1.87.